The molecule has 2 aromatic rings. The number of aliphatic hydroxyl groups is 1. The molecule has 1 atom stereocenters. The lowest BCUT2D eigenvalue weighted by molar-refractivity contribution is 0.214. The highest BCUT2D eigenvalue weighted by molar-refractivity contribution is 5.78. The number of para-hydroxylation sites is 2. The summed E-state index contributed by atoms with van der Waals surface area (Å²) in [6, 6.07) is 15.7. The molecule has 6 heteroatoms. The quantitative estimate of drug-likeness (QED) is 0.694. The van der Waals surface area contributed by atoms with Gasteiger partial charge in [0, 0.05) is 6.20 Å². The lowest BCUT2D eigenvalue weighted by atomic mass is 10.2. The number of fused-ring (bicyclic) bond motifs is 3. The van der Waals surface area contributed by atoms with E-state index in [0.29, 0.717) is 5.70 Å². The van der Waals surface area contributed by atoms with Crippen LogP contribution in [0.3, 0.4) is 0 Å². The van der Waals surface area contributed by atoms with Crippen LogP contribution in [-0.2, 0) is 0 Å². The first kappa shape index (κ1) is 13.1. The highest BCUT2D eigenvalue weighted by Crippen LogP contribution is 2.38. The Kier molecular flexibility index (Phi) is 2.83. The summed E-state index contributed by atoms with van der Waals surface area (Å²) in [5.74, 6) is 6.04. The van der Waals surface area contributed by atoms with E-state index in [2.05, 4.69) is 5.53 Å². The standard InChI is InChI=1S/C16H17N5O/c1-11-6-8-12(9-7-11)20-16(22)15-10-19(17)13-4-2-3-5-14(13)21(15)18-20/h2-10,16,18,22H,17H2,1H3. The van der Waals surface area contributed by atoms with Crippen LogP contribution in [0.25, 0.3) is 0 Å². The first-order valence-electron chi connectivity index (χ1n) is 7.10. The molecule has 4 rings (SSSR count). The summed E-state index contributed by atoms with van der Waals surface area (Å²) in [5, 5.41) is 15.7. The van der Waals surface area contributed by atoms with Gasteiger partial charge >= 0.3 is 0 Å². The van der Waals surface area contributed by atoms with E-state index in [1.54, 1.807) is 11.2 Å². The molecule has 0 radical (unpaired) electrons. The van der Waals surface area contributed by atoms with Crippen LogP contribution < -0.4 is 26.4 Å². The van der Waals surface area contributed by atoms with E-state index in [9.17, 15) is 5.11 Å². The van der Waals surface area contributed by atoms with E-state index in [1.807, 2.05) is 60.5 Å². The number of hydrazine groups is 3. The number of aliphatic hydroxyl groups excluding tert-OH is 1. The number of rotatable bonds is 1. The second kappa shape index (κ2) is 4.74. The summed E-state index contributed by atoms with van der Waals surface area (Å²) < 4.78 is 0. The van der Waals surface area contributed by atoms with Crippen molar-refractivity contribution in [3.05, 3.63) is 66.0 Å². The maximum atomic E-state index is 10.6. The molecule has 2 heterocycles. The Morgan fingerprint density at radius 2 is 1.73 bits per heavy atom. The molecule has 0 spiro atoms. The van der Waals surface area contributed by atoms with Crippen molar-refractivity contribution >= 4 is 17.1 Å². The molecule has 2 aliphatic rings. The average molecular weight is 295 g/mol. The Labute approximate surface area is 128 Å². The van der Waals surface area contributed by atoms with Gasteiger partial charge in [0.25, 0.3) is 0 Å². The van der Waals surface area contributed by atoms with E-state index in [4.69, 9.17) is 5.84 Å². The van der Waals surface area contributed by atoms with Crippen LogP contribution in [0, 0.1) is 6.92 Å². The van der Waals surface area contributed by atoms with Crippen LogP contribution in [0.1, 0.15) is 5.56 Å². The van der Waals surface area contributed by atoms with Crippen molar-refractivity contribution < 1.29 is 5.11 Å². The van der Waals surface area contributed by atoms with E-state index >= 15 is 0 Å². The van der Waals surface area contributed by atoms with Gasteiger partial charge in [-0.3, -0.25) is 15.0 Å². The van der Waals surface area contributed by atoms with Crippen LogP contribution >= 0.6 is 0 Å². The first-order valence-corrected chi connectivity index (χ1v) is 7.10. The molecule has 0 aromatic heterocycles. The molecule has 0 aliphatic carbocycles. The third-order valence-corrected chi connectivity index (χ3v) is 3.96. The largest absolute Gasteiger partial charge is 0.367 e. The lowest BCUT2D eigenvalue weighted by Crippen LogP contribution is -2.43. The number of anilines is 3. The molecule has 22 heavy (non-hydrogen) atoms. The van der Waals surface area contributed by atoms with Gasteiger partial charge < -0.3 is 5.11 Å². The second-order valence-corrected chi connectivity index (χ2v) is 5.46. The number of nitrogens with one attached hydrogen (secondary N) is 1. The van der Waals surface area contributed by atoms with E-state index in [-0.39, 0.29) is 0 Å². The van der Waals surface area contributed by atoms with Crippen molar-refractivity contribution in [1.29, 1.82) is 0 Å². The first-order chi connectivity index (χ1) is 10.6. The van der Waals surface area contributed by atoms with Gasteiger partial charge in [-0.15, -0.1) is 5.53 Å². The van der Waals surface area contributed by atoms with Crippen molar-refractivity contribution in [2.24, 2.45) is 5.84 Å². The molecule has 0 bridgehead atoms. The zero-order chi connectivity index (χ0) is 15.3. The molecular formula is C16H17N5O. The molecular weight excluding hydrogens is 278 g/mol. The highest BCUT2D eigenvalue weighted by atomic mass is 16.3. The Bertz CT molecular complexity index is 742. The van der Waals surface area contributed by atoms with Crippen molar-refractivity contribution in [2.45, 2.75) is 13.2 Å². The molecule has 4 N–H and O–H groups in total. The molecule has 112 valence electrons. The van der Waals surface area contributed by atoms with Crippen LogP contribution in [0.2, 0.25) is 0 Å². The van der Waals surface area contributed by atoms with Gasteiger partial charge in [0.15, 0.2) is 6.23 Å². The van der Waals surface area contributed by atoms with Crippen molar-refractivity contribution in [3.8, 4) is 0 Å². The summed E-state index contributed by atoms with van der Waals surface area (Å²) in [7, 11) is 0. The normalized spacial score (nSPS) is 19.9. The number of nitrogens with two attached hydrogens (primary N) is 1. The Morgan fingerprint density at radius 1 is 1.05 bits per heavy atom. The zero-order valence-corrected chi connectivity index (χ0v) is 12.1. The third kappa shape index (κ3) is 1.86. The third-order valence-electron chi connectivity index (χ3n) is 3.96. The van der Waals surface area contributed by atoms with Gasteiger partial charge in [0.1, 0.15) is 5.70 Å². The summed E-state index contributed by atoms with van der Waals surface area (Å²) in [5.41, 5.74) is 7.73. The predicted octanol–water partition coefficient (Wildman–Crippen LogP) is 1.59. The molecule has 2 aliphatic heterocycles. The van der Waals surface area contributed by atoms with Gasteiger partial charge in [-0.2, -0.15) is 0 Å². The molecule has 6 nitrogen and oxygen atoms in total. The second-order valence-electron chi connectivity index (χ2n) is 5.46. The van der Waals surface area contributed by atoms with Gasteiger partial charge in [-0.05, 0) is 31.2 Å². The van der Waals surface area contributed by atoms with E-state index in [0.717, 1.165) is 17.1 Å². The number of aryl methyl sites for hydroxylation is 1. The van der Waals surface area contributed by atoms with Crippen LogP contribution in [-0.4, -0.2) is 11.3 Å². The molecule has 1 saturated heterocycles. The van der Waals surface area contributed by atoms with Crippen LogP contribution in [0.5, 0.6) is 0 Å². The summed E-state index contributed by atoms with van der Waals surface area (Å²) in [6.45, 7) is 2.03. The van der Waals surface area contributed by atoms with E-state index < -0.39 is 6.23 Å². The van der Waals surface area contributed by atoms with Crippen molar-refractivity contribution in [2.75, 3.05) is 15.0 Å². The molecule has 1 unspecified atom stereocenters. The van der Waals surface area contributed by atoms with Gasteiger partial charge in [-0.25, -0.2) is 5.84 Å². The Balaban J connectivity index is 1.75. The minimum Gasteiger partial charge on any atom is -0.367 e. The van der Waals surface area contributed by atoms with Gasteiger partial charge in [-0.1, -0.05) is 29.8 Å². The highest BCUT2D eigenvalue weighted by Gasteiger charge is 2.38. The van der Waals surface area contributed by atoms with Crippen molar-refractivity contribution in [1.82, 2.24) is 5.53 Å². The average Bonchev–Trinajstić information content (AvgIpc) is 2.86. The summed E-state index contributed by atoms with van der Waals surface area (Å²) in [4.78, 5) is 0. The maximum Gasteiger partial charge on any atom is 0.187 e. The van der Waals surface area contributed by atoms with Crippen molar-refractivity contribution in [3.63, 3.8) is 0 Å². The fourth-order valence-corrected chi connectivity index (χ4v) is 2.77. The van der Waals surface area contributed by atoms with E-state index in [1.165, 1.54) is 10.6 Å². The minimum atomic E-state index is -0.817. The monoisotopic (exact) mass is 295 g/mol. The number of hydrogen-bond donors (Lipinski definition) is 3. The lowest BCUT2D eigenvalue weighted by Gasteiger charge is -2.30. The fraction of sp³-hybridized carbons (Fsp3) is 0.125. The summed E-state index contributed by atoms with van der Waals surface area (Å²) in [6.07, 6.45) is 0.913. The maximum absolute atomic E-state index is 10.6. The topological polar surface area (TPSA) is 68.0 Å². The number of hydrogen-bond acceptors (Lipinski definition) is 6. The van der Waals surface area contributed by atoms with Crippen LogP contribution in [0.15, 0.2) is 60.4 Å². The number of benzene rings is 2. The molecule has 2 aromatic carbocycles. The minimum absolute atomic E-state index is 0.682. The molecule has 0 amide bonds. The van der Waals surface area contributed by atoms with Gasteiger partial charge in [0.2, 0.25) is 0 Å². The number of nitrogens with zero attached hydrogens (tertiary/aromatic N) is 3. The fourth-order valence-electron chi connectivity index (χ4n) is 2.77. The Hall–Kier alpha value is -2.54. The predicted molar refractivity (Wildman–Crippen MR) is 86.5 cm³/mol. The van der Waals surface area contributed by atoms with Gasteiger partial charge in [0.05, 0.1) is 17.1 Å². The zero-order valence-electron chi connectivity index (χ0n) is 12.1. The summed E-state index contributed by atoms with van der Waals surface area (Å²) >= 11 is 0. The molecule has 0 saturated carbocycles. The molecule has 1 fully saturated rings. The Morgan fingerprint density at radius 3 is 2.45 bits per heavy atom. The van der Waals surface area contributed by atoms with Crippen LogP contribution in [0.4, 0.5) is 17.1 Å². The smallest absolute Gasteiger partial charge is 0.187 e. The SMILES string of the molecule is Cc1ccc(N2NN3C(=CN(N)c4ccccc43)C2O)cc1.